The average Bonchev–Trinajstić information content (AvgIpc) is 3.96. The molecule has 5 aliphatic rings. The monoisotopic (exact) mass is 796 g/mol. The summed E-state index contributed by atoms with van der Waals surface area (Å²) in [4.78, 5) is 59.4. The number of esters is 1. The van der Waals surface area contributed by atoms with Crippen LogP contribution in [0, 0.1) is 11.8 Å². The average molecular weight is 797 g/mol. The van der Waals surface area contributed by atoms with Gasteiger partial charge in [-0.1, -0.05) is 30.2 Å². The van der Waals surface area contributed by atoms with Crippen molar-refractivity contribution >= 4 is 57.9 Å². The molecular weight excluding hydrogens is 752 g/mol. The summed E-state index contributed by atoms with van der Waals surface area (Å²) in [5.74, 6) is -4.16. The fraction of sp³-hybridized carbons (Fsp3) is 0.579. The molecule has 1 saturated carbocycles. The van der Waals surface area contributed by atoms with Crippen molar-refractivity contribution in [2.45, 2.75) is 88.3 Å². The summed E-state index contributed by atoms with van der Waals surface area (Å²) >= 11 is 6.65. The fourth-order valence-corrected chi connectivity index (χ4v) is 9.21. The molecule has 3 N–H and O–H groups in total. The smallest absolute Gasteiger partial charge is 0.348 e. The SMILES string of the molecule is CC(=O)O[C@H]1[C@H](n2ncc3c(N4C[C@H]5CCC[C@H]5C4)cc(Cl)nc32)O[C@H](COC(Cc2ccc(N3CCCNC3=O)cc2)(C(=O)O)C(=O)O)C12COC(C)(C)O2. The van der Waals surface area contributed by atoms with E-state index in [1.165, 1.54) is 30.9 Å². The molecule has 17 nitrogen and oxygen atoms in total. The van der Waals surface area contributed by atoms with E-state index in [1.807, 2.05) is 6.07 Å². The van der Waals surface area contributed by atoms with Gasteiger partial charge in [0, 0.05) is 45.2 Å². The Balaban J connectivity index is 1.12. The summed E-state index contributed by atoms with van der Waals surface area (Å²) in [5, 5.41) is 29.3. The van der Waals surface area contributed by atoms with Crippen molar-refractivity contribution in [1.29, 1.82) is 0 Å². The first-order valence-electron chi connectivity index (χ1n) is 18.9. The lowest BCUT2D eigenvalue weighted by Crippen LogP contribution is -2.57. The molecule has 300 valence electrons. The van der Waals surface area contributed by atoms with Gasteiger partial charge in [-0.15, -0.1) is 0 Å². The number of carbonyl (C=O) groups is 4. The van der Waals surface area contributed by atoms with E-state index < -0.39 is 66.4 Å². The summed E-state index contributed by atoms with van der Waals surface area (Å²) in [6.45, 7) is 6.59. The van der Waals surface area contributed by atoms with Crippen LogP contribution in [0.5, 0.6) is 0 Å². The van der Waals surface area contributed by atoms with Gasteiger partial charge in [0.25, 0.3) is 5.60 Å². The van der Waals surface area contributed by atoms with E-state index in [1.54, 1.807) is 49.2 Å². The standard InChI is InChI=1S/C38H45ClN6O11/c1-21(46)54-30-32(45-31-26(16-41-45)27(14-29(39)42-31)43-17-23-6-4-7-24(23)18-43)55-28(38(30)20-53-36(2,3)56-38)19-52-37(33(47)48,34(49)50)15-22-8-10-25(11-9-22)44-13-5-12-40-35(44)51/h8-11,14,16,23-24,28,30,32H,4-7,12-13,15,17-20H2,1-3H3,(H,40,51)(H,47,48)(H,49,50)/t23-,24+,28-,30+,32-,38?/m1/s1. The Labute approximate surface area is 327 Å². The largest absolute Gasteiger partial charge is 0.479 e. The van der Waals surface area contributed by atoms with Gasteiger partial charge >= 0.3 is 23.9 Å². The molecule has 5 fully saturated rings. The molecule has 1 aromatic carbocycles. The number of rotatable bonds is 11. The Morgan fingerprint density at radius 1 is 1.09 bits per heavy atom. The van der Waals surface area contributed by atoms with Crippen molar-refractivity contribution in [3.8, 4) is 0 Å². The van der Waals surface area contributed by atoms with E-state index in [9.17, 15) is 29.4 Å². The fourth-order valence-electron chi connectivity index (χ4n) is 9.03. The minimum Gasteiger partial charge on any atom is -0.479 e. The summed E-state index contributed by atoms with van der Waals surface area (Å²) in [6, 6.07) is 7.92. The molecule has 18 heteroatoms. The molecule has 1 unspecified atom stereocenters. The highest BCUT2D eigenvalue weighted by Gasteiger charge is 2.67. The molecule has 56 heavy (non-hydrogen) atoms. The van der Waals surface area contributed by atoms with Crippen LogP contribution < -0.4 is 15.1 Å². The van der Waals surface area contributed by atoms with Gasteiger partial charge in [-0.2, -0.15) is 5.10 Å². The van der Waals surface area contributed by atoms with Crippen molar-refractivity contribution < 1.29 is 53.1 Å². The van der Waals surface area contributed by atoms with Crippen molar-refractivity contribution in [3.05, 3.63) is 47.2 Å². The third-order valence-corrected chi connectivity index (χ3v) is 11.9. The van der Waals surface area contributed by atoms with Gasteiger partial charge in [-0.05, 0) is 68.7 Å². The second-order valence-corrected chi connectivity index (χ2v) is 16.2. The third kappa shape index (κ3) is 6.72. The van der Waals surface area contributed by atoms with Gasteiger partial charge in [0.05, 0.1) is 30.5 Å². The zero-order valence-electron chi connectivity index (χ0n) is 31.3. The summed E-state index contributed by atoms with van der Waals surface area (Å²) < 4.78 is 32.4. The molecular formula is C38H45ClN6O11. The number of urea groups is 1. The van der Waals surface area contributed by atoms with Crippen LogP contribution in [-0.4, -0.2) is 118 Å². The van der Waals surface area contributed by atoms with E-state index in [0.29, 0.717) is 47.2 Å². The number of carboxylic acids is 2. The van der Waals surface area contributed by atoms with Crippen molar-refractivity contribution in [3.63, 3.8) is 0 Å². The van der Waals surface area contributed by atoms with Gasteiger partial charge in [0.15, 0.2) is 29.4 Å². The molecule has 1 spiro atoms. The number of hydrogen-bond donors (Lipinski definition) is 3. The van der Waals surface area contributed by atoms with Gasteiger partial charge in [-0.3, -0.25) is 9.69 Å². The maximum Gasteiger partial charge on any atom is 0.348 e. The molecule has 6 atom stereocenters. The maximum atomic E-state index is 12.9. The Hall–Kier alpha value is -4.55. The van der Waals surface area contributed by atoms with Gasteiger partial charge in [0.2, 0.25) is 0 Å². The highest BCUT2D eigenvalue weighted by Crippen LogP contribution is 2.50. The quantitative estimate of drug-likeness (QED) is 0.144. The molecule has 2 aromatic heterocycles. The zero-order chi connectivity index (χ0) is 39.6. The number of ether oxygens (including phenoxy) is 5. The predicted molar refractivity (Wildman–Crippen MR) is 198 cm³/mol. The highest BCUT2D eigenvalue weighted by molar-refractivity contribution is 6.30. The summed E-state index contributed by atoms with van der Waals surface area (Å²) in [7, 11) is 0. The topological polar surface area (TPSA) is 204 Å². The van der Waals surface area contributed by atoms with Crippen LogP contribution in [0.4, 0.5) is 16.2 Å². The molecule has 6 heterocycles. The Morgan fingerprint density at radius 3 is 2.43 bits per heavy atom. The van der Waals surface area contributed by atoms with E-state index in [-0.39, 0.29) is 17.8 Å². The lowest BCUT2D eigenvalue weighted by molar-refractivity contribution is -0.209. The molecule has 0 bridgehead atoms. The first-order valence-corrected chi connectivity index (χ1v) is 19.3. The van der Waals surface area contributed by atoms with Crippen molar-refractivity contribution in [2.75, 3.05) is 49.2 Å². The number of fused-ring (bicyclic) bond motifs is 2. The predicted octanol–water partition coefficient (Wildman–Crippen LogP) is 3.76. The summed E-state index contributed by atoms with van der Waals surface area (Å²) in [6.07, 6.45) is 1.74. The number of anilines is 2. The number of aromatic nitrogens is 3. The molecule has 4 saturated heterocycles. The molecule has 3 aromatic rings. The number of nitrogens with zero attached hydrogens (tertiary/aromatic N) is 5. The lowest BCUT2D eigenvalue weighted by Gasteiger charge is -2.35. The molecule has 4 aliphatic heterocycles. The number of pyridine rings is 1. The minimum absolute atomic E-state index is 0.184. The Morgan fingerprint density at radius 2 is 1.80 bits per heavy atom. The van der Waals surface area contributed by atoms with E-state index >= 15 is 0 Å². The van der Waals surface area contributed by atoms with Crippen LogP contribution in [0.15, 0.2) is 36.5 Å². The van der Waals surface area contributed by atoms with E-state index in [0.717, 1.165) is 25.2 Å². The van der Waals surface area contributed by atoms with Gasteiger partial charge in [0.1, 0.15) is 11.3 Å². The number of hydrogen-bond acceptors (Lipinski definition) is 12. The number of benzene rings is 1. The molecule has 8 rings (SSSR count). The summed E-state index contributed by atoms with van der Waals surface area (Å²) in [5.41, 5.74) is -2.25. The number of carbonyl (C=O) groups excluding carboxylic acids is 2. The third-order valence-electron chi connectivity index (χ3n) is 11.7. The molecule has 2 amide bonds. The number of carboxylic acid groups (broad SMARTS) is 2. The van der Waals surface area contributed by atoms with E-state index in [4.69, 9.17) is 35.3 Å². The van der Waals surface area contributed by atoms with Crippen LogP contribution >= 0.6 is 11.6 Å². The maximum absolute atomic E-state index is 12.9. The molecule has 0 radical (unpaired) electrons. The molecule has 1 aliphatic carbocycles. The van der Waals surface area contributed by atoms with Crippen LogP contribution in [0.2, 0.25) is 5.15 Å². The number of nitrogens with one attached hydrogen (secondary N) is 1. The first kappa shape index (κ1) is 38.3. The van der Waals surface area contributed by atoms with Crippen molar-refractivity contribution in [2.24, 2.45) is 11.8 Å². The van der Waals surface area contributed by atoms with Crippen LogP contribution in [0.3, 0.4) is 0 Å². The Bertz CT molecular complexity index is 2020. The van der Waals surface area contributed by atoms with Crippen LogP contribution in [-0.2, 0) is 44.5 Å². The highest BCUT2D eigenvalue weighted by atomic mass is 35.5. The lowest BCUT2D eigenvalue weighted by atomic mass is 9.91. The second kappa shape index (κ2) is 14.4. The van der Waals surface area contributed by atoms with Gasteiger partial charge < -0.3 is 44.1 Å². The first-order chi connectivity index (χ1) is 26.7. The van der Waals surface area contributed by atoms with Gasteiger partial charge in [-0.25, -0.2) is 24.0 Å². The number of halogens is 1. The van der Waals surface area contributed by atoms with Crippen molar-refractivity contribution in [1.82, 2.24) is 20.1 Å². The van der Waals surface area contributed by atoms with Crippen LogP contribution in [0.25, 0.3) is 11.0 Å². The number of aliphatic carboxylic acids is 2. The second-order valence-electron chi connectivity index (χ2n) is 15.8. The number of amides is 2. The van der Waals surface area contributed by atoms with Crippen LogP contribution in [0.1, 0.15) is 58.2 Å². The van der Waals surface area contributed by atoms with E-state index in [2.05, 4.69) is 20.3 Å². The normalized spacial score (nSPS) is 28.6. The minimum atomic E-state index is -2.78. The zero-order valence-corrected chi connectivity index (χ0v) is 32.1. The Kier molecular flexibility index (Phi) is 9.88.